The number of hydrogen-bond donors (Lipinski definition) is 3. The van der Waals surface area contributed by atoms with Crippen molar-refractivity contribution in [3.63, 3.8) is 0 Å². The van der Waals surface area contributed by atoms with E-state index < -0.39 is 16.1 Å². The normalized spacial score (nSPS) is 21.3. The second-order valence-electron chi connectivity index (χ2n) is 6.14. The Labute approximate surface area is 159 Å². The maximum atomic E-state index is 12.2. The van der Waals surface area contributed by atoms with Crippen LogP contribution >= 0.6 is 12.4 Å². The molecule has 2 aliphatic rings. The topological polar surface area (TPSA) is 103 Å². The predicted molar refractivity (Wildman–Crippen MR) is 102 cm³/mol. The Morgan fingerprint density at radius 1 is 1.31 bits per heavy atom. The standard InChI is InChI=1S/C16H23N5O3S.ClH/c1-12(16(22)18-8-11-21-9-6-17-7-10-21)19-15-13-4-2-3-5-14(13)25(23,24)20-15;/h2-5,12,17H,6-11H2,1H3,(H,18,22)(H,19,20);1H. The molecule has 2 aliphatic heterocycles. The third-order valence-corrected chi connectivity index (χ3v) is 5.70. The summed E-state index contributed by atoms with van der Waals surface area (Å²) in [7, 11) is -3.58. The quantitative estimate of drug-likeness (QED) is 0.620. The summed E-state index contributed by atoms with van der Waals surface area (Å²) < 4.78 is 26.5. The number of hydrogen-bond acceptors (Lipinski definition) is 6. The minimum atomic E-state index is -3.58. The number of rotatable bonds is 5. The van der Waals surface area contributed by atoms with Crippen LogP contribution in [0.1, 0.15) is 12.5 Å². The van der Waals surface area contributed by atoms with E-state index in [1.807, 2.05) is 0 Å². The van der Waals surface area contributed by atoms with E-state index in [0.717, 1.165) is 32.7 Å². The summed E-state index contributed by atoms with van der Waals surface area (Å²) in [6, 6.07) is 5.94. The fraction of sp³-hybridized carbons (Fsp3) is 0.500. The lowest BCUT2D eigenvalue weighted by atomic mass is 10.2. The van der Waals surface area contributed by atoms with Crippen LogP contribution in [0.2, 0.25) is 0 Å². The van der Waals surface area contributed by atoms with Crippen molar-refractivity contribution in [3.8, 4) is 0 Å². The first kappa shape index (κ1) is 20.6. The molecule has 0 radical (unpaired) electrons. The molecule has 1 amide bonds. The zero-order chi connectivity index (χ0) is 17.9. The minimum absolute atomic E-state index is 0. The van der Waals surface area contributed by atoms with Gasteiger partial charge >= 0.3 is 0 Å². The lowest BCUT2D eigenvalue weighted by Crippen LogP contribution is -2.47. The molecule has 1 unspecified atom stereocenters. The van der Waals surface area contributed by atoms with E-state index in [0.29, 0.717) is 12.1 Å². The number of aliphatic imine (C=N–C) groups is 1. The van der Waals surface area contributed by atoms with Crippen molar-refractivity contribution in [2.24, 2.45) is 4.99 Å². The monoisotopic (exact) mass is 401 g/mol. The summed E-state index contributed by atoms with van der Waals surface area (Å²) in [5, 5.41) is 6.15. The molecule has 1 aromatic rings. The van der Waals surface area contributed by atoms with E-state index in [1.54, 1.807) is 25.1 Å². The number of sulfonamides is 1. The van der Waals surface area contributed by atoms with E-state index in [-0.39, 0.29) is 29.0 Å². The number of nitrogens with one attached hydrogen (secondary N) is 3. The highest BCUT2D eigenvalue weighted by Crippen LogP contribution is 2.22. The number of amidine groups is 1. The SMILES string of the molecule is CC(N=C1NS(=O)(=O)c2ccccc21)C(=O)NCCN1CCNCC1.Cl. The Balaban J connectivity index is 0.00000243. The first-order valence-corrected chi connectivity index (χ1v) is 9.86. The lowest BCUT2D eigenvalue weighted by Gasteiger charge is -2.27. The van der Waals surface area contributed by atoms with Crippen LogP contribution in [0.25, 0.3) is 0 Å². The van der Waals surface area contributed by atoms with Gasteiger partial charge in [0.1, 0.15) is 11.9 Å². The number of nitrogens with zero attached hydrogens (tertiary/aromatic N) is 2. The van der Waals surface area contributed by atoms with Crippen LogP contribution < -0.4 is 15.4 Å². The second kappa shape index (κ2) is 8.81. The molecular formula is C16H24ClN5O3S. The van der Waals surface area contributed by atoms with Gasteiger partial charge in [-0.1, -0.05) is 12.1 Å². The number of carbonyl (C=O) groups excluding carboxylic acids is 1. The zero-order valence-electron chi connectivity index (χ0n) is 14.6. The van der Waals surface area contributed by atoms with Gasteiger partial charge in [-0.25, -0.2) is 8.42 Å². The number of amides is 1. The van der Waals surface area contributed by atoms with Crippen LogP contribution in [-0.2, 0) is 14.8 Å². The van der Waals surface area contributed by atoms with E-state index in [9.17, 15) is 13.2 Å². The summed E-state index contributed by atoms with van der Waals surface area (Å²) in [5.41, 5.74) is 0.503. The zero-order valence-corrected chi connectivity index (χ0v) is 16.2. The van der Waals surface area contributed by atoms with Gasteiger partial charge in [-0.15, -0.1) is 12.4 Å². The highest BCUT2D eigenvalue weighted by molar-refractivity contribution is 7.90. The number of halogens is 1. The molecular weight excluding hydrogens is 378 g/mol. The largest absolute Gasteiger partial charge is 0.353 e. The van der Waals surface area contributed by atoms with Crippen molar-refractivity contribution in [2.45, 2.75) is 17.9 Å². The molecule has 1 aromatic carbocycles. The number of benzene rings is 1. The smallest absolute Gasteiger partial charge is 0.263 e. The van der Waals surface area contributed by atoms with Crippen LogP contribution in [0.4, 0.5) is 0 Å². The fourth-order valence-corrected chi connectivity index (χ4v) is 4.14. The Morgan fingerprint density at radius 3 is 2.73 bits per heavy atom. The summed E-state index contributed by atoms with van der Waals surface area (Å²) in [6.07, 6.45) is 0. The summed E-state index contributed by atoms with van der Waals surface area (Å²) in [5.74, 6) is 0.00608. The number of fused-ring (bicyclic) bond motifs is 1. The maximum Gasteiger partial charge on any atom is 0.263 e. The van der Waals surface area contributed by atoms with Crippen LogP contribution in [0, 0.1) is 0 Å². The van der Waals surface area contributed by atoms with Gasteiger partial charge in [-0.3, -0.25) is 19.4 Å². The minimum Gasteiger partial charge on any atom is -0.353 e. The third-order valence-electron chi connectivity index (χ3n) is 4.30. The van der Waals surface area contributed by atoms with E-state index in [4.69, 9.17) is 0 Å². The molecule has 26 heavy (non-hydrogen) atoms. The summed E-state index contributed by atoms with van der Waals surface area (Å²) >= 11 is 0. The molecule has 3 rings (SSSR count). The molecule has 0 bridgehead atoms. The maximum absolute atomic E-state index is 12.2. The van der Waals surface area contributed by atoms with Gasteiger partial charge in [0.05, 0.1) is 4.90 Å². The molecule has 0 aliphatic carbocycles. The average Bonchev–Trinajstić information content (AvgIpc) is 2.86. The molecule has 0 saturated carbocycles. The van der Waals surface area contributed by atoms with Crippen LogP contribution in [0.3, 0.4) is 0 Å². The Kier molecular flexibility index (Phi) is 6.99. The molecule has 3 N–H and O–H groups in total. The third kappa shape index (κ3) is 4.73. The molecule has 8 nitrogen and oxygen atoms in total. The highest BCUT2D eigenvalue weighted by Gasteiger charge is 2.31. The van der Waals surface area contributed by atoms with Crippen molar-refractivity contribution in [2.75, 3.05) is 39.3 Å². The van der Waals surface area contributed by atoms with Gasteiger partial charge < -0.3 is 10.6 Å². The van der Waals surface area contributed by atoms with Crippen molar-refractivity contribution in [1.82, 2.24) is 20.3 Å². The number of carbonyl (C=O) groups is 1. The fourth-order valence-electron chi connectivity index (χ4n) is 2.90. The van der Waals surface area contributed by atoms with Gasteiger partial charge in [0.25, 0.3) is 10.0 Å². The second-order valence-corrected chi connectivity index (χ2v) is 7.79. The van der Waals surface area contributed by atoms with Gasteiger partial charge in [0.2, 0.25) is 5.91 Å². The Bertz CT molecular complexity index is 778. The summed E-state index contributed by atoms with van der Waals surface area (Å²) in [6.45, 7) is 6.90. The van der Waals surface area contributed by atoms with Crippen LogP contribution in [0.15, 0.2) is 34.2 Å². The van der Waals surface area contributed by atoms with Crippen molar-refractivity contribution in [3.05, 3.63) is 29.8 Å². The molecule has 10 heteroatoms. The van der Waals surface area contributed by atoms with Gasteiger partial charge in [-0.2, -0.15) is 0 Å². The molecule has 0 spiro atoms. The van der Waals surface area contributed by atoms with Crippen LogP contribution in [0.5, 0.6) is 0 Å². The predicted octanol–water partition coefficient (Wildman–Crippen LogP) is -0.443. The van der Waals surface area contributed by atoms with Crippen molar-refractivity contribution < 1.29 is 13.2 Å². The summed E-state index contributed by atoms with van der Waals surface area (Å²) in [4.78, 5) is 19.0. The first-order chi connectivity index (χ1) is 12.0. The van der Waals surface area contributed by atoms with Crippen molar-refractivity contribution >= 4 is 34.2 Å². The first-order valence-electron chi connectivity index (χ1n) is 8.38. The molecule has 144 valence electrons. The number of piperazine rings is 1. The van der Waals surface area contributed by atoms with E-state index in [2.05, 4.69) is 25.2 Å². The average molecular weight is 402 g/mol. The van der Waals surface area contributed by atoms with E-state index in [1.165, 1.54) is 6.07 Å². The van der Waals surface area contributed by atoms with Crippen molar-refractivity contribution in [1.29, 1.82) is 0 Å². The molecule has 1 atom stereocenters. The lowest BCUT2D eigenvalue weighted by molar-refractivity contribution is -0.121. The molecule has 1 saturated heterocycles. The van der Waals surface area contributed by atoms with Gasteiger partial charge in [0, 0.05) is 44.8 Å². The molecule has 1 fully saturated rings. The Hall–Kier alpha value is -1.68. The molecule has 0 aromatic heterocycles. The van der Waals surface area contributed by atoms with Gasteiger partial charge in [0.15, 0.2) is 0 Å². The Morgan fingerprint density at radius 2 is 2.00 bits per heavy atom. The highest BCUT2D eigenvalue weighted by atomic mass is 35.5. The molecule has 2 heterocycles. The van der Waals surface area contributed by atoms with Gasteiger partial charge in [-0.05, 0) is 19.1 Å². The van der Waals surface area contributed by atoms with E-state index >= 15 is 0 Å². The van der Waals surface area contributed by atoms with Crippen LogP contribution in [-0.4, -0.2) is 70.4 Å².